The average molecular weight is 239 g/mol. The number of nitrogens with one attached hydrogen (secondary N) is 1. The number of carbonyl (C=O) groups excluding carboxylic acids is 1. The number of hydrogen-bond acceptors (Lipinski definition) is 3. The normalized spacial score (nSPS) is 17.9. The van der Waals surface area contributed by atoms with Crippen molar-refractivity contribution >= 4 is 17.2 Å². The summed E-state index contributed by atoms with van der Waals surface area (Å²) in [5.74, 6) is 0.288. The first-order valence-electron chi connectivity index (χ1n) is 5.68. The van der Waals surface area contributed by atoms with Gasteiger partial charge in [0.1, 0.15) is 6.10 Å². The van der Waals surface area contributed by atoms with Gasteiger partial charge in [0.05, 0.1) is 0 Å². The van der Waals surface area contributed by atoms with E-state index < -0.39 is 6.10 Å². The molecule has 0 saturated heterocycles. The standard InChI is InChI=1S/C12H17NO2S/c1-8-5-6-16-11(8)10(14)7-13-12(15)9-3-2-4-9/h5-6,9-10,14H,2-4,7H2,1H3,(H,13,15)/t10-/m1/s1. The third-order valence-corrected chi connectivity index (χ3v) is 4.27. The minimum atomic E-state index is -0.566. The molecule has 1 heterocycles. The van der Waals surface area contributed by atoms with Crippen molar-refractivity contribution in [2.75, 3.05) is 6.54 Å². The molecule has 2 rings (SSSR count). The van der Waals surface area contributed by atoms with E-state index in [4.69, 9.17) is 0 Å². The van der Waals surface area contributed by atoms with E-state index >= 15 is 0 Å². The third-order valence-electron chi connectivity index (χ3n) is 3.15. The largest absolute Gasteiger partial charge is 0.386 e. The van der Waals surface area contributed by atoms with Crippen molar-refractivity contribution < 1.29 is 9.90 Å². The van der Waals surface area contributed by atoms with Crippen molar-refractivity contribution in [1.82, 2.24) is 5.32 Å². The van der Waals surface area contributed by atoms with Gasteiger partial charge in [0.2, 0.25) is 5.91 Å². The second-order valence-corrected chi connectivity index (χ2v) is 5.30. The van der Waals surface area contributed by atoms with Crippen LogP contribution in [-0.4, -0.2) is 17.6 Å². The maximum Gasteiger partial charge on any atom is 0.223 e. The van der Waals surface area contributed by atoms with E-state index in [-0.39, 0.29) is 11.8 Å². The van der Waals surface area contributed by atoms with Gasteiger partial charge in [-0.25, -0.2) is 0 Å². The summed E-state index contributed by atoms with van der Waals surface area (Å²) in [6, 6.07) is 1.98. The van der Waals surface area contributed by atoms with Gasteiger partial charge in [-0.05, 0) is 36.8 Å². The lowest BCUT2D eigenvalue weighted by atomic mass is 9.85. The zero-order chi connectivity index (χ0) is 11.5. The summed E-state index contributed by atoms with van der Waals surface area (Å²) in [7, 11) is 0. The van der Waals surface area contributed by atoms with Crippen LogP contribution in [-0.2, 0) is 4.79 Å². The van der Waals surface area contributed by atoms with Crippen LogP contribution in [0.5, 0.6) is 0 Å². The lowest BCUT2D eigenvalue weighted by Gasteiger charge is -2.24. The highest BCUT2D eigenvalue weighted by Gasteiger charge is 2.25. The zero-order valence-electron chi connectivity index (χ0n) is 9.40. The Bertz CT molecular complexity index is 371. The maximum absolute atomic E-state index is 11.6. The number of aliphatic hydroxyl groups is 1. The summed E-state index contributed by atoms with van der Waals surface area (Å²) in [4.78, 5) is 12.5. The molecule has 1 fully saturated rings. The van der Waals surface area contributed by atoms with Gasteiger partial charge in [0, 0.05) is 17.3 Å². The molecular weight excluding hydrogens is 222 g/mol. The number of aryl methyl sites for hydroxylation is 1. The monoisotopic (exact) mass is 239 g/mol. The van der Waals surface area contributed by atoms with Crippen LogP contribution in [0.3, 0.4) is 0 Å². The van der Waals surface area contributed by atoms with Crippen molar-refractivity contribution in [2.24, 2.45) is 5.92 Å². The first kappa shape index (κ1) is 11.6. The van der Waals surface area contributed by atoms with Crippen molar-refractivity contribution in [3.63, 3.8) is 0 Å². The summed E-state index contributed by atoms with van der Waals surface area (Å²) in [5, 5.41) is 14.7. The highest BCUT2D eigenvalue weighted by atomic mass is 32.1. The van der Waals surface area contributed by atoms with Crippen molar-refractivity contribution in [1.29, 1.82) is 0 Å². The van der Waals surface area contributed by atoms with Crippen LogP contribution in [0.4, 0.5) is 0 Å². The fourth-order valence-electron chi connectivity index (χ4n) is 1.83. The van der Waals surface area contributed by atoms with Gasteiger partial charge in [0.25, 0.3) is 0 Å². The highest BCUT2D eigenvalue weighted by molar-refractivity contribution is 7.10. The van der Waals surface area contributed by atoms with E-state index in [1.54, 1.807) is 0 Å². The maximum atomic E-state index is 11.6. The first-order chi connectivity index (χ1) is 7.68. The molecule has 0 aliphatic heterocycles. The van der Waals surface area contributed by atoms with E-state index in [1.165, 1.54) is 11.3 Å². The van der Waals surface area contributed by atoms with Gasteiger partial charge in [-0.3, -0.25) is 4.79 Å². The lowest BCUT2D eigenvalue weighted by molar-refractivity contribution is -0.127. The van der Waals surface area contributed by atoms with Crippen molar-refractivity contribution in [3.8, 4) is 0 Å². The van der Waals surface area contributed by atoms with Gasteiger partial charge >= 0.3 is 0 Å². The molecule has 1 aliphatic carbocycles. The molecule has 1 aromatic rings. The van der Waals surface area contributed by atoms with Crippen LogP contribution in [0.2, 0.25) is 0 Å². The smallest absolute Gasteiger partial charge is 0.223 e. The molecule has 88 valence electrons. The predicted octanol–water partition coefficient (Wildman–Crippen LogP) is 2.01. The summed E-state index contributed by atoms with van der Waals surface area (Å²) in [6.45, 7) is 2.31. The fraction of sp³-hybridized carbons (Fsp3) is 0.583. The van der Waals surface area contributed by atoms with Gasteiger partial charge < -0.3 is 10.4 Å². The molecule has 1 aliphatic rings. The van der Waals surface area contributed by atoms with Gasteiger partial charge in [-0.15, -0.1) is 11.3 Å². The van der Waals surface area contributed by atoms with Crippen LogP contribution >= 0.6 is 11.3 Å². The molecule has 0 unspecified atom stereocenters. The van der Waals surface area contributed by atoms with Crippen LogP contribution in [0.1, 0.15) is 35.8 Å². The van der Waals surface area contributed by atoms with Crippen molar-refractivity contribution in [3.05, 3.63) is 21.9 Å². The molecule has 1 saturated carbocycles. The lowest BCUT2D eigenvalue weighted by Crippen LogP contribution is -2.36. The van der Waals surface area contributed by atoms with Gasteiger partial charge in [-0.2, -0.15) is 0 Å². The third kappa shape index (κ3) is 2.44. The molecule has 4 heteroatoms. The molecule has 0 spiro atoms. The number of aliphatic hydroxyl groups excluding tert-OH is 1. The summed E-state index contributed by atoms with van der Waals surface area (Å²) < 4.78 is 0. The molecule has 1 amide bonds. The second kappa shape index (κ2) is 4.97. The van der Waals surface area contributed by atoms with E-state index in [0.29, 0.717) is 6.54 Å². The van der Waals surface area contributed by atoms with Crippen LogP contribution < -0.4 is 5.32 Å². The second-order valence-electron chi connectivity index (χ2n) is 4.36. The predicted molar refractivity (Wildman–Crippen MR) is 64.4 cm³/mol. The number of thiophene rings is 1. The fourth-order valence-corrected chi connectivity index (χ4v) is 2.74. The Morgan fingerprint density at radius 3 is 2.94 bits per heavy atom. The number of hydrogen-bond donors (Lipinski definition) is 2. The van der Waals surface area contributed by atoms with E-state index in [2.05, 4.69) is 5.32 Å². The minimum absolute atomic E-state index is 0.0968. The molecule has 16 heavy (non-hydrogen) atoms. The number of carbonyl (C=O) groups is 1. The Labute approximate surface area is 99.5 Å². The summed E-state index contributed by atoms with van der Waals surface area (Å²) in [6.07, 6.45) is 2.59. The molecule has 2 N–H and O–H groups in total. The average Bonchev–Trinajstić information content (AvgIpc) is 2.58. The SMILES string of the molecule is Cc1ccsc1[C@H](O)CNC(=O)C1CCC1. The quantitative estimate of drug-likeness (QED) is 0.844. The van der Waals surface area contributed by atoms with Crippen LogP contribution in [0, 0.1) is 12.8 Å². The molecule has 0 bridgehead atoms. The van der Waals surface area contributed by atoms with E-state index in [1.807, 2.05) is 18.4 Å². The molecule has 1 aromatic heterocycles. The van der Waals surface area contributed by atoms with Crippen LogP contribution in [0.25, 0.3) is 0 Å². The highest BCUT2D eigenvalue weighted by Crippen LogP contribution is 2.27. The molecule has 3 nitrogen and oxygen atoms in total. The molecule has 1 atom stereocenters. The van der Waals surface area contributed by atoms with Gasteiger partial charge in [-0.1, -0.05) is 6.42 Å². The molecular formula is C12H17NO2S. The Balaban J connectivity index is 1.81. The van der Waals surface area contributed by atoms with E-state index in [0.717, 1.165) is 29.7 Å². The molecule has 0 aromatic carbocycles. The Morgan fingerprint density at radius 2 is 2.44 bits per heavy atom. The summed E-state index contributed by atoms with van der Waals surface area (Å²) in [5.41, 5.74) is 1.09. The number of amides is 1. The van der Waals surface area contributed by atoms with Crippen molar-refractivity contribution in [2.45, 2.75) is 32.3 Å². The summed E-state index contributed by atoms with van der Waals surface area (Å²) >= 11 is 1.54. The number of rotatable bonds is 4. The first-order valence-corrected chi connectivity index (χ1v) is 6.56. The zero-order valence-corrected chi connectivity index (χ0v) is 10.2. The van der Waals surface area contributed by atoms with E-state index in [9.17, 15) is 9.90 Å². The Kier molecular flexibility index (Phi) is 3.61. The minimum Gasteiger partial charge on any atom is -0.386 e. The Morgan fingerprint density at radius 1 is 1.69 bits per heavy atom. The topological polar surface area (TPSA) is 49.3 Å². The molecule has 0 radical (unpaired) electrons. The van der Waals surface area contributed by atoms with Crippen LogP contribution in [0.15, 0.2) is 11.4 Å². The van der Waals surface area contributed by atoms with Gasteiger partial charge in [0.15, 0.2) is 0 Å². The Hall–Kier alpha value is -0.870.